The smallest absolute Gasteiger partial charge is 0.323 e. The lowest BCUT2D eigenvalue weighted by Gasteiger charge is -2.39. The molecule has 3 atom stereocenters. The molecular formula is C31H44N4O5. The van der Waals surface area contributed by atoms with E-state index in [2.05, 4.69) is 29.5 Å². The Balaban J connectivity index is 1.58. The van der Waals surface area contributed by atoms with Gasteiger partial charge in [0.05, 0.1) is 31.0 Å². The highest BCUT2D eigenvalue weighted by Crippen LogP contribution is 2.35. The molecule has 0 radical (unpaired) electrons. The molecule has 0 unspecified atom stereocenters. The molecule has 1 aliphatic heterocycles. The van der Waals surface area contributed by atoms with Gasteiger partial charge in [-0.05, 0) is 69.1 Å². The summed E-state index contributed by atoms with van der Waals surface area (Å²) in [5.41, 5.74) is 1.39. The van der Waals surface area contributed by atoms with E-state index in [1.54, 1.807) is 54.5 Å². The van der Waals surface area contributed by atoms with Crippen molar-refractivity contribution in [1.29, 1.82) is 0 Å². The van der Waals surface area contributed by atoms with Crippen LogP contribution >= 0.6 is 0 Å². The number of aliphatic hydroxyl groups excluding tert-OH is 1. The van der Waals surface area contributed by atoms with Crippen LogP contribution in [0.3, 0.4) is 0 Å². The van der Waals surface area contributed by atoms with Crippen molar-refractivity contribution in [2.75, 3.05) is 51.0 Å². The van der Waals surface area contributed by atoms with Crippen molar-refractivity contribution in [3.05, 3.63) is 48.0 Å². The minimum atomic E-state index is -0.448. The summed E-state index contributed by atoms with van der Waals surface area (Å²) in [4.78, 5) is 30.7. The minimum Gasteiger partial charge on any atom is -0.497 e. The quantitative estimate of drug-likeness (QED) is 0.401. The van der Waals surface area contributed by atoms with E-state index in [-0.39, 0.29) is 30.6 Å². The van der Waals surface area contributed by atoms with Gasteiger partial charge in [0.2, 0.25) is 0 Å². The van der Waals surface area contributed by atoms with E-state index in [1.807, 2.05) is 6.92 Å². The number of hydrogen-bond donors (Lipinski definition) is 3. The van der Waals surface area contributed by atoms with Crippen LogP contribution in [0.5, 0.6) is 11.5 Å². The lowest BCUT2D eigenvalue weighted by Crippen LogP contribution is -2.50. The summed E-state index contributed by atoms with van der Waals surface area (Å²) in [6.07, 6.45) is 6.23. The number of hydrogen-bond acceptors (Lipinski definition) is 6. The van der Waals surface area contributed by atoms with E-state index in [4.69, 9.17) is 9.47 Å². The normalized spacial score (nSPS) is 20.6. The van der Waals surface area contributed by atoms with Crippen molar-refractivity contribution in [2.24, 2.45) is 11.8 Å². The van der Waals surface area contributed by atoms with Gasteiger partial charge < -0.3 is 35.0 Å². The summed E-state index contributed by atoms with van der Waals surface area (Å²) in [6, 6.07) is 11.4. The number of fused-ring (bicyclic) bond motifs is 1. The monoisotopic (exact) mass is 552 g/mol. The zero-order chi connectivity index (χ0) is 28.6. The third-order valence-corrected chi connectivity index (χ3v) is 8.07. The summed E-state index contributed by atoms with van der Waals surface area (Å²) < 4.78 is 11.8. The van der Waals surface area contributed by atoms with Crippen molar-refractivity contribution in [3.63, 3.8) is 0 Å². The molecule has 0 aromatic heterocycles. The number of para-hydroxylation sites is 1. The number of methoxy groups -OCH3 is 1. The van der Waals surface area contributed by atoms with Gasteiger partial charge in [0, 0.05) is 31.2 Å². The number of urea groups is 1. The molecule has 0 spiro atoms. The van der Waals surface area contributed by atoms with Crippen molar-refractivity contribution >= 4 is 23.3 Å². The standard InChI is InChI=1S/C31H44N4O5/c1-21-17-35(22(2)20-36)30(37)26-11-8-12-27(33-31(38)32-24-13-15-25(39-4)16-14-24)29(26)40-28(21)19-34(3)18-23-9-6-5-7-10-23/h8,11-16,21-23,28,36H,5-7,9-10,17-20H2,1-4H3,(H2,32,33,38)/t21-,22+,28-/m0/s1. The van der Waals surface area contributed by atoms with Crippen LogP contribution in [0.1, 0.15) is 56.3 Å². The van der Waals surface area contributed by atoms with Crippen LogP contribution in [-0.4, -0.2) is 79.4 Å². The SMILES string of the molecule is COc1ccc(NC(=O)Nc2cccc3c2O[C@@H](CN(C)CC2CCCCC2)[C@@H](C)CN([C@H](C)CO)C3=O)cc1. The summed E-state index contributed by atoms with van der Waals surface area (Å²) >= 11 is 0. The Morgan fingerprint density at radius 1 is 1.12 bits per heavy atom. The van der Waals surface area contributed by atoms with Gasteiger partial charge in [0.25, 0.3) is 5.91 Å². The first kappa shape index (κ1) is 29.7. The molecule has 40 heavy (non-hydrogen) atoms. The topological polar surface area (TPSA) is 103 Å². The number of ether oxygens (including phenoxy) is 2. The van der Waals surface area contributed by atoms with Crippen molar-refractivity contribution in [2.45, 2.75) is 58.1 Å². The van der Waals surface area contributed by atoms with Crippen LogP contribution in [0, 0.1) is 11.8 Å². The minimum absolute atomic E-state index is 0.00101. The highest BCUT2D eigenvalue weighted by Gasteiger charge is 2.35. The average molecular weight is 553 g/mol. The molecule has 0 bridgehead atoms. The number of aliphatic hydroxyl groups is 1. The average Bonchev–Trinajstić information content (AvgIpc) is 2.95. The van der Waals surface area contributed by atoms with E-state index < -0.39 is 6.03 Å². The number of benzene rings is 2. The first-order chi connectivity index (χ1) is 19.3. The molecule has 4 rings (SSSR count). The molecule has 218 valence electrons. The van der Waals surface area contributed by atoms with Gasteiger partial charge in [-0.3, -0.25) is 4.79 Å². The van der Waals surface area contributed by atoms with Gasteiger partial charge in [-0.15, -0.1) is 0 Å². The van der Waals surface area contributed by atoms with Gasteiger partial charge in [-0.2, -0.15) is 0 Å². The van der Waals surface area contributed by atoms with Crippen LogP contribution in [0.15, 0.2) is 42.5 Å². The van der Waals surface area contributed by atoms with E-state index in [0.29, 0.717) is 47.4 Å². The fourth-order valence-corrected chi connectivity index (χ4v) is 5.71. The molecule has 1 aliphatic carbocycles. The van der Waals surface area contributed by atoms with Crippen LogP contribution in [0.25, 0.3) is 0 Å². The largest absolute Gasteiger partial charge is 0.497 e. The number of carbonyl (C=O) groups excluding carboxylic acids is 2. The summed E-state index contributed by atoms with van der Waals surface area (Å²) in [5.74, 6) is 1.52. The molecule has 2 aromatic carbocycles. The molecule has 9 heteroatoms. The molecule has 2 aromatic rings. The second-order valence-electron chi connectivity index (χ2n) is 11.3. The van der Waals surface area contributed by atoms with E-state index in [1.165, 1.54) is 32.1 Å². The molecule has 1 saturated carbocycles. The fourth-order valence-electron chi connectivity index (χ4n) is 5.71. The van der Waals surface area contributed by atoms with Gasteiger partial charge in [-0.1, -0.05) is 32.3 Å². The zero-order valence-corrected chi connectivity index (χ0v) is 24.2. The maximum Gasteiger partial charge on any atom is 0.323 e. The maximum atomic E-state index is 13.7. The molecular weight excluding hydrogens is 508 g/mol. The Morgan fingerprint density at radius 3 is 2.52 bits per heavy atom. The van der Waals surface area contributed by atoms with E-state index >= 15 is 0 Å². The number of anilines is 2. The van der Waals surface area contributed by atoms with Gasteiger partial charge in [0.15, 0.2) is 5.75 Å². The Morgan fingerprint density at radius 2 is 1.85 bits per heavy atom. The van der Waals surface area contributed by atoms with Crippen molar-refractivity contribution in [1.82, 2.24) is 9.80 Å². The molecule has 3 amide bonds. The van der Waals surface area contributed by atoms with Crippen LogP contribution in [0.4, 0.5) is 16.2 Å². The van der Waals surface area contributed by atoms with Gasteiger partial charge >= 0.3 is 6.03 Å². The second-order valence-corrected chi connectivity index (χ2v) is 11.3. The van der Waals surface area contributed by atoms with Gasteiger partial charge in [-0.25, -0.2) is 4.79 Å². The summed E-state index contributed by atoms with van der Waals surface area (Å²) in [7, 11) is 3.72. The Hall–Kier alpha value is -3.30. The Labute approximate surface area is 237 Å². The molecule has 3 N–H and O–H groups in total. The van der Waals surface area contributed by atoms with Crippen LogP contribution in [0.2, 0.25) is 0 Å². The predicted octanol–water partition coefficient (Wildman–Crippen LogP) is 5.07. The first-order valence-corrected chi connectivity index (χ1v) is 14.4. The zero-order valence-electron chi connectivity index (χ0n) is 24.2. The highest BCUT2D eigenvalue weighted by molar-refractivity contribution is 6.04. The lowest BCUT2D eigenvalue weighted by molar-refractivity contribution is 0.0333. The third kappa shape index (κ3) is 7.46. The molecule has 1 heterocycles. The van der Waals surface area contributed by atoms with Crippen molar-refractivity contribution in [3.8, 4) is 11.5 Å². The van der Waals surface area contributed by atoms with E-state index in [0.717, 1.165) is 6.54 Å². The molecule has 2 aliphatic rings. The number of nitrogens with one attached hydrogen (secondary N) is 2. The summed E-state index contributed by atoms with van der Waals surface area (Å²) in [5, 5.41) is 15.6. The summed E-state index contributed by atoms with van der Waals surface area (Å²) in [6.45, 7) is 5.97. The third-order valence-electron chi connectivity index (χ3n) is 8.07. The second kappa shape index (κ2) is 13.9. The number of nitrogens with zero attached hydrogens (tertiary/aromatic N) is 2. The Kier molecular flexibility index (Phi) is 10.3. The molecule has 1 fully saturated rings. The Bertz CT molecular complexity index is 1140. The predicted molar refractivity (Wildman–Crippen MR) is 157 cm³/mol. The lowest BCUT2D eigenvalue weighted by atomic mass is 9.89. The van der Waals surface area contributed by atoms with Crippen LogP contribution < -0.4 is 20.1 Å². The van der Waals surface area contributed by atoms with Crippen LogP contribution in [-0.2, 0) is 0 Å². The number of carbonyl (C=O) groups is 2. The van der Waals surface area contributed by atoms with Gasteiger partial charge in [0.1, 0.15) is 11.9 Å². The fraction of sp³-hybridized carbons (Fsp3) is 0.548. The number of amides is 3. The molecule has 9 nitrogen and oxygen atoms in total. The highest BCUT2D eigenvalue weighted by atomic mass is 16.5. The number of likely N-dealkylation sites (N-methyl/N-ethyl adjacent to an activating group) is 1. The molecule has 0 saturated heterocycles. The maximum absolute atomic E-state index is 13.7. The van der Waals surface area contributed by atoms with E-state index in [9.17, 15) is 14.7 Å². The van der Waals surface area contributed by atoms with Crippen molar-refractivity contribution < 1.29 is 24.2 Å². The number of rotatable bonds is 9. The first-order valence-electron chi connectivity index (χ1n) is 14.4.